The lowest BCUT2D eigenvalue weighted by Crippen LogP contribution is -2.26. The second-order valence-corrected chi connectivity index (χ2v) is 7.35. The summed E-state index contributed by atoms with van der Waals surface area (Å²) in [5, 5.41) is 0.276. The molecule has 0 aliphatic carbocycles. The summed E-state index contributed by atoms with van der Waals surface area (Å²) in [6.07, 6.45) is 0.525. The van der Waals surface area contributed by atoms with Crippen molar-refractivity contribution in [3.05, 3.63) is 29.3 Å². The van der Waals surface area contributed by atoms with Crippen molar-refractivity contribution in [1.82, 2.24) is 0 Å². The summed E-state index contributed by atoms with van der Waals surface area (Å²) in [6.45, 7) is 4.37. The minimum absolute atomic E-state index is 0.0704. The molecule has 0 aliphatic heterocycles. The van der Waals surface area contributed by atoms with Gasteiger partial charge >= 0.3 is 0 Å². The smallest absolute Gasteiger partial charge is 0.179 e. The highest BCUT2D eigenvalue weighted by Crippen LogP contribution is 2.25. The molecule has 17 heavy (non-hydrogen) atoms. The molecule has 0 fully saturated rings. The molecule has 0 unspecified atom stereocenters. The Kier molecular flexibility index (Phi) is 4.58. The normalized spacial score (nSPS) is 12.7. The Bertz CT molecular complexity index is 483. The predicted molar refractivity (Wildman–Crippen MR) is 71.0 cm³/mol. The van der Waals surface area contributed by atoms with Gasteiger partial charge in [-0.25, -0.2) is 8.42 Å². The number of hydrogen-bond donors (Lipinski definition) is 1. The molecule has 0 bridgehead atoms. The van der Waals surface area contributed by atoms with Crippen molar-refractivity contribution in [3.8, 4) is 0 Å². The third kappa shape index (κ3) is 3.98. The van der Waals surface area contributed by atoms with Crippen molar-refractivity contribution in [2.75, 3.05) is 12.3 Å². The molecule has 1 aromatic rings. The summed E-state index contributed by atoms with van der Waals surface area (Å²) in [6, 6.07) is 6.51. The van der Waals surface area contributed by atoms with Gasteiger partial charge in [0.05, 0.1) is 15.7 Å². The van der Waals surface area contributed by atoms with Gasteiger partial charge in [-0.3, -0.25) is 0 Å². The van der Waals surface area contributed by atoms with Gasteiger partial charge in [-0.05, 0) is 30.5 Å². The molecule has 5 heteroatoms. The lowest BCUT2D eigenvalue weighted by atomic mass is 9.91. The van der Waals surface area contributed by atoms with Crippen LogP contribution in [0.4, 0.5) is 0 Å². The zero-order valence-corrected chi connectivity index (χ0v) is 11.7. The van der Waals surface area contributed by atoms with Crippen molar-refractivity contribution >= 4 is 21.4 Å². The van der Waals surface area contributed by atoms with E-state index in [1.165, 1.54) is 6.07 Å². The zero-order chi connectivity index (χ0) is 13.1. The van der Waals surface area contributed by atoms with E-state index in [1.807, 2.05) is 13.8 Å². The van der Waals surface area contributed by atoms with Crippen molar-refractivity contribution in [2.24, 2.45) is 11.1 Å². The molecular formula is C12H18ClNO2S. The van der Waals surface area contributed by atoms with Crippen LogP contribution >= 0.6 is 11.6 Å². The number of nitrogens with two attached hydrogens (primary N) is 1. The molecule has 0 amide bonds. The summed E-state index contributed by atoms with van der Waals surface area (Å²) in [7, 11) is -3.32. The highest BCUT2D eigenvalue weighted by atomic mass is 35.5. The van der Waals surface area contributed by atoms with Crippen LogP contribution in [0.1, 0.15) is 20.3 Å². The summed E-state index contributed by atoms with van der Waals surface area (Å²) < 4.78 is 24.2. The van der Waals surface area contributed by atoms with Gasteiger partial charge in [-0.2, -0.15) is 0 Å². The van der Waals surface area contributed by atoms with E-state index >= 15 is 0 Å². The van der Waals surface area contributed by atoms with E-state index in [4.69, 9.17) is 17.3 Å². The third-order valence-corrected chi connectivity index (χ3v) is 4.98. The van der Waals surface area contributed by atoms with Crippen LogP contribution in [0, 0.1) is 5.41 Å². The predicted octanol–water partition coefficient (Wildman–Crippen LogP) is 2.49. The molecule has 96 valence electrons. The van der Waals surface area contributed by atoms with Gasteiger partial charge in [0, 0.05) is 0 Å². The van der Waals surface area contributed by atoms with Crippen LogP contribution in [-0.2, 0) is 9.84 Å². The highest BCUT2D eigenvalue weighted by Gasteiger charge is 2.23. The number of benzene rings is 1. The zero-order valence-electron chi connectivity index (χ0n) is 10.1. The van der Waals surface area contributed by atoms with Gasteiger partial charge in [0.15, 0.2) is 9.84 Å². The van der Waals surface area contributed by atoms with E-state index < -0.39 is 9.84 Å². The largest absolute Gasteiger partial charge is 0.330 e. The third-order valence-electron chi connectivity index (χ3n) is 2.77. The molecule has 3 nitrogen and oxygen atoms in total. The quantitative estimate of drug-likeness (QED) is 0.898. The van der Waals surface area contributed by atoms with Crippen molar-refractivity contribution in [2.45, 2.75) is 25.2 Å². The van der Waals surface area contributed by atoms with Crippen LogP contribution in [-0.4, -0.2) is 20.7 Å². The number of halogens is 1. The average molecular weight is 276 g/mol. The maximum absolute atomic E-state index is 12.1. The molecule has 0 saturated heterocycles. The molecule has 1 aromatic carbocycles. The Morgan fingerprint density at radius 3 is 2.41 bits per heavy atom. The molecular weight excluding hydrogens is 258 g/mol. The first kappa shape index (κ1) is 14.5. The van der Waals surface area contributed by atoms with Gasteiger partial charge in [0.25, 0.3) is 0 Å². The summed E-state index contributed by atoms with van der Waals surface area (Å²) in [4.78, 5) is 0.203. The van der Waals surface area contributed by atoms with Gasteiger partial charge in [0.2, 0.25) is 0 Å². The summed E-state index contributed by atoms with van der Waals surface area (Å²) in [5.41, 5.74) is 5.41. The number of hydrogen-bond acceptors (Lipinski definition) is 3. The average Bonchev–Trinajstić information content (AvgIpc) is 2.27. The lowest BCUT2D eigenvalue weighted by Gasteiger charge is -2.21. The van der Waals surface area contributed by atoms with Crippen LogP contribution in [0.2, 0.25) is 5.02 Å². The monoisotopic (exact) mass is 275 g/mol. The SMILES string of the molecule is CC(C)(CN)CCS(=O)(=O)c1ccccc1Cl. The molecule has 0 aliphatic rings. The Hall–Kier alpha value is -0.580. The van der Waals surface area contributed by atoms with Crippen molar-refractivity contribution in [3.63, 3.8) is 0 Å². The molecule has 2 N–H and O–H groups in total. The Morgan fingerprint density at radius 2 is 1.88 bits per heavy atom. The molecule has 0 saturated carbocycles. The van der Waals surface area contributed by atoms with Gasteiger partial charge in [-0.15, -0.1) is 0 Å². The highest BCUT2D eigenvalue weighted by molar-refractivity contribution is 7.91. The number of sulfone groups is 1. The van der Waals surface area contributed by atoms with Crippen LogP contribution in [0.5, 0.6) is 0 Å². The van der Waals surface area contributed by atoms with E-state index in [9.17, 15) is 8.42 Å². The number of rotatable bonds is 5. The first-order valence-corrected chi connectivity index (χ1v) is 7.49. The Balaban J connectivity index is 2.88. The first-order chi connectivity index (χ1) is 7.78. The van der Waals surface area contributed by atoms with Crippen LogP contribution in [0.25, 0.3) is 0 Å². The van der Waals surface area contributed by atoms with E-state index in [1.54, 1.807) is 18.2 Å². The standard InChI is InChI=1S/C12H18ClNO2S/c1-12(2,9-14)7-8-17(15,16)11-6-4-3-5-10(11)13/h3-6H,7-9,14H2,1-2H3. The topological polar surface area (TPSA) is 60.2 Å². The van der Waals surface area contributed by atoms with Crippen LogP contribution in [0.3, 0.4) is 0 Å². The van der Waals surface area contributed by atoms with E-state index in [2.05, 4.69) is 0 Å². The fourth-order valence-corrected chi connectivity index (χ4v) is 3.50. The second kappa shape index (κ2) is 5.38. The van der Waals surface area contributed by atoms with Crippen molar-refractivity contribution < 1.29 is 8.42 Å². The molecule has 0 atom stereocenters. The van der Waals surface area contributed by atoms with E-state index in [0.29, 0.717) is 13.0 Å². The van der Waals surface area contributed by atoms with Crippen LogP contribution in [0.15, 0.2) is 29.2 Å². The van der Waals surface area contributed by atoms with Crippen LogP contribution < -0.4 is 5.73 Å². The lowest BCUT2D eigenvalue weighted by molar-refractivity contribution is 0.365. The van der Waals surface area contributed by atoms with E-state index in [-0.39, 0.29) is 21.1 Å². The maximum Gasteiger partial charge on any atom is 0.179 e. The minimum atomic E-state index is -3.32. The van der Waals surface area contributed by atoms with Gasteiger partial charge in [-0.1, -0.05) is 37.6 Å². The fraction of sp³-hybridized carbons (Fsp3) is 0.500. The minimum Gasteiger partial charge on any atom is -0.330 e. The Labute approximate surface area is 108 Å². The molecule has 0 spiro atoms. The second-order valence-electron chi connectivity index (χ2n) is 4.87. The molecule has 1 rings (SSSR count). The van der Waals surface area contributed by atoms with Gasteiger partial charge in [0.1, 0.15) is 0 Å². The van der Waals surface area contributed by atoms with Crippen molar-refractivity contribution in [1.29, 1.82) is 0 Å². The maximum atomic E-state index is 12.1. The summed E-state index contributed by atoms with van der Waals surface area (Å²) >= 11 is 5.89. The summed E-state index contributed by atoms with van der Waals surface area (Å²) in [5.74, 6) is 0.0704. The molecule has 0 heterocycles. The molecule has 0 radical (unpaired) electrons. The fourth-order valence-electron chi connectivity index (χ4n) is 1.32. The molecule has 0 aromatic heterocycles. The van der Waals surface area contributed by atoms with E-state index in [0.717, 1.165) is 0 Å². The Morgan fingerprint density at radius 1 is 1.29 bits per heavy atom. The first-order valence-electron chi connectivity index (χ1n) is 5.46. The van der Waals surface area contributed by atoms with Gasteiger partial charge < -0.3 is 5.73 Å².